The van der Waals surface area contributed by atoms with E-state index >= 15 is 0 Å². The lowest BCUT2D eigenvalue weighted by molar-refractivity contribution is -0.385. The van der Waals surface area contributed by atoms with Gasteiger partial charge in [0.25, 0.3) is 11.6 Å². The fourth-order valence-corrected chi connectivity index (χ4v) is 3.90. The van der Waals surface area contributed by atoms with E-state index in [0.717, 1.165) is 24.6 Å². The second-order valence-corrected chi connectivity index (χ2v) is 6.80. The Balaban J connectivity index is 2.14. The molecule has 1 aromatic carbocycles. The van der Waals surface area contributed by atoms with Crippen LogP contribution in [0.1, 0.15) is 36.0 Å². The number of non-ortho nitro benzene ring substituents is 1. The Morgan fingerprint density at radius 3 is 2.71 bits per heavy atom. The smallest absolute Gasteiger partial charge is 0.271 e. The fraction of sp³-hybridized carbons (Fsp3) is 0.500. The predicted molar refractivity (Wildman–Crippen MR) is 87.8 cm³/mol. The summed E-state index contributed by atoms with van der Waals surface area (Å²) < 4.78 is 0.530. The Morgan fingerprint density at radius 1 is 1.33 bits per heavy atom. The van der Waals surface area contributed by atoms with Gasteiger partial charge in [-0.3, -0.25) is 14.9 Å². The van der Waals surface area contributed by atoms with Gasteiger partial charge in [0.15, 0.2) is 0 Å². The molecule has 2 rings (SSSR count). The summed E-state index contributed by atoms with van der Waals surface area (Å²) in [4.78, 5) is 22.7. The molecule has 0 heterocycles. The number of halogens is 2. The first-order valence-corrected chi connectivity index (χ1v) is 8.74. The van der Waals surface area contributed by atoms with Crippen LogP contribution in [0.25, 0.3) is 0 Å². The van der Waals surface area contributed by atoms with Crippen LogP contribution in [0.2, 0.25) is 0 Å². The summed E-state index contributed by atoms with van der Waals surface area (Å²) >= 11 is 6.70. The van der Waals surface area contributed by atoms with Crippen LogP contribution in [0.3, 0.4) is 0 Å². The van der Waals surface area contributed by atoms with Gasteiger partial charge in [-0.15, -0.1) is 0 Å². The Morgan fingerprint density at radius 2 is 2.05 bits per heavy atom. The predicted octanol–water partition coefficient (Wildman–Crippen LogP) is 4.04. The number of hydrogen-bond donors (Lipinski definition) is 1. The van der Waals surface area contributed by atoms with E-state index in [2.05, 4.69) is 37.2 Å². The van der Waals surface area contributed by atoms with Crippen molar-refractivity contribution in [3.05, 3.63) is 38.3 Å². The maximum atomic E-state index is 12.3. The molecule has 1 aliphatic rings. The second-order valence-electron chi connectivity index (χ2n) is 5.23. The molecule has 5 nitrogen and oxygen atoms in total. The maximum Gasteiger partial charge on any atom is 0.271 e. The summed E-state index contributed by atoms with van der Waals surface area (Å²) in [7, 11) is 0. The zero-order valence-electron chi connectivity index (χ0n) is 11.4. The van der Waals surface area contributed by atoms with Crippen molar-refractivity contribution in [2.24, 2.45) is 5.92 Å². The molecular weight excluding hydrogens is 404 g/mol. The highest BCUT2D eigenvalue weighted by Gasteiger charge is 2.26. The minimum atomic E-state index is -0.497. The molecule has 1 amide bonds. The molecule has 7 heteroatoms. The Hall–Kier alpha value is -0.950. The van der Waals surface area contributed by atoms with Crippen LogP contribution < -0.4 is 5.32 Å². The van der Waals surface area contributed by atoms with Crippen molar-refractivity contribution in [2.45, 2.75) is 31.7 Å². The van der Waals surface area contributed by atoms with Gasteiger partial charge < -0.3 is 5.32 Å². The number of carbonyl (C=O) groups is 1. The highest BCUT2D eigenvalue weighted by atomic mass is 79.9. The van der Waals surface area contributed by atoms with Gasteiger partial charge >= 0.3 is 0 Å². The molecule has 21 heavy (non-hydrogen) atoms. The van der Waals surface area contributed by atoms with E-state index in [1.807, 2.05) is 0 Å². The number of benzene rings is 1. The number of carbonyl (C=O) groups excluding carboxylic acids is 1. The van der Waals surface area contributed by atoms with E-state index in [1.54, 1.807) is 6.07 Å². The quantitative estimate of drug-likeness (QED) is 0.454. The standard InChI is InChI=1S/C14H16Br2N2O3/c15-8-9-3-1-2-4-13(9)17-14(19)10-5-11(16)7-12(6-10)18(20)21/h5-7,9,13H,1-4,8H2,(H,17,19). The summed E-state index contributed by atoms with van der Waals surface area (Å²) in [5.74, 6) is 0.169. The highest BCUT2D eigenvalue weighted by molar-refractivity contribution is 9.10. The number of rotatable bonds is 4. The van der Waals surface area contributed by atoms with E-state index in [-0.39, 0.29) is 17.6 Å². The van der Waals surface area contributed by atoms with Crippen molar-refractivity contribution in [1.82, 2.24) is 5.32 Å². The monoisotopic (exact) mass is 418 g/mol. The molecule has 0 spiro atoms. The zero-order valence-corrected chi connectivity index (χ0v) is 14.5. The van der Waals surface area contributed by atoms with Gasteiger partial charge in [-0.05, 0) is 24.8 Å². The summed E-state index contributed by atoms with van der Waals surface area (Å²) in [5.41, 5.74) is 0.227. The zero-order chi connectivity index (χ0) is 15.4. The maximum absolute atomic E-state index is 12.3. The summed E-state index contributed by atoms with van der Waals surface area (Å²) in [5, 5.41) is 14.7. The molecule has 0 saturated heterocycles. The van der Waals surface area contributed by atoms with Crippen LogP contribution in [0.5, 0.6) is 0 Å². The van der Waals surface area contributed by atoms with Crippen molar-refractivity contribution in [2.75, 3.05) is 5.33 Å². The molecule has 0 radical (unpaired) electrons. The lowest BCUT2D eigenvalue weighted by Gasteiger charge is -2.31. The minimum absolute atomic E-state index is 0.0878. The topological polar surface area (TPSA) is 72.2 Å². The third-order valence-corrected chi connectivity index (χ3v) is 5.07. The molecular formula is C14H16Br2N2O3. The number of nitro benzene ring substituents is 1. The van der Waals surface area contributed by atoms with E-state index < -0.39 is 4.92 Å². The van der Waals surface area contributed by atoms with Crippen LogP contribution in [-0.4, -0.2) is 22.2 Å². The van der Waals surface area contributed by atoms with Gasteiger partial charge in [-0.25, -0.2) is 0 Å². The average Bonchev–Trinajstić information content (AvgIpc) is 2.47. The van der Waals surface area contributed by atoms with Crippen molar-refractivity contribution in [3.63, 3.8) is 0 Å². The molecule has 2 atom stereocenters. The molecule has 1 saturated carbocycles. The number of nitrogens with one attached hydrogen (secondary N) is 1. The van der Waals surface area contributed by atoms with Crippen LogP contribution in [-0.2, 0) is 0 Å². The van der Waals surface area contributed by atoms with E-state index in [1.165, 1.54) is 18.6 Å². The molecule has 1 aliphatic carbocycles. The Bertz CT molecular complexity index is 551. The first-order chi connectivity index (χ1) is 10.0. The molecule has 0 aliphatic heterocycles. The van der Waals surface area contributed by atoms with Crippen molar-refractivity contribution < 1.29 is 9.72 Å². The van der Waals surface area contributed by atoms with Crippen LogP contribution >= 0.6 is 31.9 Å². The van der Waals surface area contributed by atoms with Crippen molar-refractivity contribution in [1.29, 1.82) is 0 Å². The van der Waals surface area contributed by atoms with Crippen molar-refractivity contribution >= 4 is 43.5 Å². The number of nitro groups is 1. The number of alkyl halides is 1. The Kier molecular flexibility index (Phi) is 5.75. The van der Waals surface area contributed by atoms with Crippen molar-refractivity contribution in [3.8, 4) is 0 Å². The fourth-order valence-electron chi connectivity index (χ4n) is 2.64. The normalized spacial score (nSPS) is 21.8. The Labute approximate surface area is 139 Å². The molecule has 1 N–H and O–H groups in total. The molecule has 1 aromatic rings. The minimum Gasteiger partial charge on any atom is -0.349 e. The number of hydrogen-bond acceptors (Lipinski definition) is 3. The summed E-state index contributed by atoms with van der Waals surface area (Å²) in [6, 6.07) is 4.43. The molecule has 0 bridgehead atoms. The first kappa shape index (κ1) is 16.4. The molecule has 114 valence electrons. The van der Waals surface area contributed by atoms with Gasteiger partial charge in [-0.2, -0.15) is 0 Å². The SMILES string of the molecule is O=C(NC1CCCCC1CBr)c1cc(Br)cc([N+](=O)[O-])c1. The largest absolute Gasteiger partial charge is 0.349 e. The van der Waals surface area contributed by atoms with Gasteiger partial charge in [0.1, 0.15) is 0 Å². The summed E-state index contributed by atoms with van der Waals surface area (Å²) in [6.45, 7) is 0. The van der Waals surface area contributed by atoms with Gasteiger partial charge in [-0.1, -0.05) is 44.7 Å². The number of amides is 1. The lowest BCUT2D eigenvalue weighted by atomic mass is 9.86. The molecule has 1 fully saturated rings. The molecule has 2 unspecified atom stereocenters. The van der Waals surface area contributed by atoms with Gasteiger partial charge in [0.2, 0.25) is 0 Å². The van der Waals surface area contributed by atoms with Crippen LogP contribution in [0.15, 0.2) is 22.7 Å². The second kappa shape index (κ2) is 7.35. The average molecular weight is 420 g/mol. The highest BCUT2D eigenvalue weighted by Crippen LogP contribution is 2.27. The van der Waals surface area contributed by atoms with Gasteiger partial charge in [0, 0.05) is 33.5 Å². The third-order valence-electron chi connectivity index (χ3n) is 3.78. The first-order valence-electron chi connectivity index (χ1n) is 6.83. The van der Waals surface area contributed by atoms with E-state index in [0.29, 0.717) is 16.0 Å². The molecule has 0 aromatic heterocycles. The van der Waals surface area contributed by atoms with E-state index in [9.17, 15) is 14.9 Å². The number of nitrogens with zero attached hydrogens (tertiary/aromatic N) is 1. The van der Waals surface area contributed by atoms with Crippen LogP contribution in [0.4, 0.5) is 5.69 Å². The van der Waals surface area contributed by atoms with Gasteiger partial charge in [0.05, 0.1) is 4.92 Å². The summed E-state index contributed by atoms with van der Waals surface area (Å²) in [6.07, 6.45) is 4.34. The third kappa shape index (κ3) is 4.26. The lowest BCUT2D eigenvalue weighted by Crippen LogP contribution is -2.42. The van der Waals surface area contributed by atoms with Crippen LogP contribution in [0, 0.1) is 16.0 Å². The van der Waals surface area contributed by atoms with E-state index in [4.69, 9.17) is 0 Å².